The molecular weight excluding hydrogens is 334 g/mol. The Bertz CT molecular complexity index is 1070. The number of ether oxygens (including phenoxy) is 1. The van der Waals surface area contributed by atoms with Gasteiger partial charge < -0.3 is 4.74 Å². The van der Waals surface area contributed by atoms with Crippen LogP contribution >= 0.6 is 0 Å². The van der Waals surface area contributed by atoms with Crippen LogP contribution in [0.2, 0.25) is 0 Å². The van der Waals surface area contributed by atoms with E-state index >= 15 is 0 Å². The number of benzene rings is 3. The number of nitrogens with zero attached hydrogens (tertiary/aromatic N) is 3. The second-order valence-electron chi connectivity index (χ2n) is 6.71. The van der Waals surface area contributed by atoms with E-state index in [1.807, 2.05) is 42.5 Å². The van der Waals surface area contributed by atoms with Gasteiger partial charge in [0.15, 0.2) is 5.82 Å². The summed E-state index contributed by atoms with van der Waals surface area (Å²) < 4.78 is 8.18. The van der Waals surface area contributed by atoms with Gasteiger partial charge in [0.25, 0.3) is 0 Å². The second-order valence-corrected chi connectivity index (χ2v) is 6.71. The summed E-state index contributed by atoms with van der Waals surface area (Å²) in [6.07, 6.45) is 1.83. The highest BCUT2D eigenvalue weighted by molar-refractivity contribution is 5.61. The Morgan fingerprint density at radius 3 is 2.41 bits per heavy atom. The molecule has 4 nitrogen and oxygen atoms in total. The first-order chi connectivity index (χ1) is 13.4. The SMILES string of the molecule is c1ccc(COc2ccc3c(c2)CCc2nnc(-c4ccccc4)n2-3)cc1. The number of aryl methyl sites for hydroxylation is 2. The smallest absolute Gasteiger partial charge is 0.168 e. The van der Waals surface area contributed by atoms with Crippen LogP contribution < -0.4 is 4.74 Å². The Balaban J connectivity index is 1.47. The minimum atomic E-state index is 0.576. The fourth-order valence-corrected chi connectivity index (χ4v) is 3.56. The minimum absolute atomic E-state index is 0.576. The van der Waals surface area contributed by atoms with E-state index in [2.05, 4.69) is 51.2 Å². The molecule has 0 atom stereocenters. The third-order valence-corrected chi connectivity index (χ3v) is 4.92. The molecule has 0 amide bonds. The molecule has 1 aliphatic heterocycles. The molecule has 0 radical (unpaired) electrons. The number of hydrogen-bond donors (Lipinski definition) is 0. The van der Waals surface area contributed by atoms with Crippen molar-refractivity contribution in [1.29, 1.82) is 0 Å². The molecule has 0 spiro atoms. The Hall–Kier alpha value is -3.40. The van der Waals surface area contributed by atoms with E-state index in [0.29, 0.717) is 6.61 Å². The molecule has 27 heavy (non-hydrogen) atoms. The summed E-state index contributed by atoms with van der Waals surface area (Å²) in [5.74, 6) is 2.80. The van der Waals surface area contributed by atoms with Gasteiger partial charge in [0, 0.05) is 12.0 Å². The first kappa shape index (κ1) is 15.8. The molecule has 0 unspecified atom stereocenters. The van der Waals surface area contributed by atoms with Crippen molar-refractivity contribution in [3.8, 4) is 22.8 Å². The molecule has 0 saturated heterocycles. The maximum absolute atomic E-state index is 6.00. The molecule has 3 aromatic carbocycles. The lowest BCUT2D eigenvalue weighted by molar-refractivity contribution is 0.306. The van der Waals surface area contributed by atoms with E-state index in [1.165, 1.54) is 11.1 Å². The van der Waals surface area contributed by atoms with Gasteiger partial charge in [-0.3, -0.25) is 4.57 Å². The highest BCUT2D eigenvalue weighted by Gasteiger charge is 2.22. The van der Waals surface area contributed by atoms with Crippen LogP contribution in [0, 0.1) is 0 Å². The van der Waals surface area contributed by atoms with Gasteiger partial charge in [-0.2, -0.15) is 0 Å². The maximum Gasteiger partial charge on any atom is 0.168 e. The molecule has 0 bridgehead atoms. The zero-order chi connectivity index (χ0) is 18.1. The van der Waals surface area contributed by atoms with Crippen molar-refractivity contribution in [1.82, 2.24) is 14.8 Å². The summed E-state index contributed by atoms with van der Waals surface area (Å²) in [5, 5.41) is 8.86. The van der Waals surface area contributed by atoms with Crippen molar-refractivity contribution in [3.05, 3.63) is 95.8 Å². The number of rotatable bonds is 4. The fraction of sp³-hybridized carbons (Fsp3) is 0.130. The van der Waals surface area contributed by atoms with Crippen molar-refractivity contribution in [2.75, 3.05) is 0 Å². The van der Waals surface area contributed by atoms with Gasteiger partial charge in [-0.15, -0.1) is 10.2 Å². The molecule has 4 aromatic rings. The largest absolute Gasteiger partial charge is 0.489 e. The van der Waals surface area contributed by atoms with Gasteiger partial charge >= 0.3 is 0 Å². The van der Waals surface area contributed by atoms with Crippen molar-refractivity contribution in [3.63, 3.8) is 0 Å². The Labute approximate surface area is 158 Å². The highest BCUT2D eigenvalue weighted by Crippen LogP contribution is 2.32. The van der Waals surface area contributed by atoms with Crippen LogP contribution in [0.5, 0.6) is 5.75 Å². The Morgan fingerprint density at radius 1 is 0.815 bits per heavy atom. The van der Waals surface area contributed by atoms with Gasteiger partial charge in [-0.05, 0) is 35.7 Å². The van der Waals surface area contributed by atoms with Gasteiger partial charge in [0.05, 0.1) is 5.69 Å². The first-order valence-electron chi connectivity index (χ1n) is 9.18. The summed E-state index contributed by atoms with van der Waals surface area (Å²) in [5.41, 5.74) is 4.66. The first-order valence-corrected chi connectivity index (χ1v) is 9.18. The lowest BCUT2D eigenvalue weighted by Gasteiger charge is -2.20. The van der Waals surface area contributed by atoms with Gasteiger partial charge in [-0.25, -0.2) is 0 Å². The normalized spacial score (nSPS) is 12.3. The minimum Gasteiger partial charge on any atom is -0.489 e. The molecule has 0 saturated carbocycles. The average molecular weight is 353 g/mol. The van der Waals surface area contributed by atoms with Crippen LogP contribution in [-0.2, 0) is 19.4 Å². The monoisotopic (exact) mass is 353 g/mol. The molecule has 1 aliphatic rings. The summed E-state index contributed by atoms with van der Waals surface area (Å²) in [6, 6.07) is 26.8. The summed E-state index contributed by atoms with van der Waals surface area (Å²) in [6.45, 7) is 0.576. The molecule has 4 heteroatoms. The summed E-state index contributed by atoms with van der Waals surface area (Å²) in [7, 11) is 0. The van der Waals surface area contributed by atoms with Crippen LogP contribution in [0.3, 0.4) is 0 Å². The zero-order valence-corrected chi connectivity index (χ0v) is 14.9. The van der Waals surface area contributed by atoms with Crippen LogP contribution in [0.4, 0.5) is 0 Å². The van der Waals surface area contributed by atoms with Crippen LogP contribution in [0.25, 0.3) is 17.1 Å². The lowest BCUT2D eigenvalue weighted by atomic mass is 10.0. The van der Waals surface area contributed by atoms with E-state index in [4.69, 9.17) is 4.74 Å². The molecule has 1 aromatic heterocycles. The number of aromatic nitrogens is 3. The molecular formula is C23H19N3O. The average Bonchev–Trinajstić information content (AvgIpc) is 3.18. The van der Waals surface area contributed by atoms with Crippen molar-refractivity contribution in [2.45, 2.75) is 19.4 Å². The highest BCUT2D eigenvalue weighted by atomic mass is 16.5. The number of hydrogen-bond acceptors (Lipinski definition) is 3. The molecule has 5 rings (SSSR count). The Kier molecular flexibility index (Phi) is 3.94. The van der Waals surface area contributed by atoms with E-state index < -0.39 is 0 Å². The molecule has 0 fully saturated rings. The van der Waals surface area contributed by atoms with Crippen molar-refractivity contribution >= 4 is 0 Å². The van der Waals surface area contributed by atoms with Crippen molar-refractivity contribution in [2.24, 2.45) is 0 Å². The summed E-state index contributed by atoms with van der Waals surface area (Å²) >= 11 is 0. The molecule has 0 aliphatic carbocycles. The molecule has 0 N–H and O–H groups in total. The topological polar surface area (TPSA) is 39.9 Å². The quantitative estimate of drug-likeness (QED) is 0.538. The third kappa shape index (κ3) is 2.99. The maximum atomic E-state index is 6.00. The zero-order valence-electron chi connectivity index (χ0n) is 14.9. The van der Waals surface area contributed by atoms with E-state index in [0.717, 1.165) is 41.5 Å². The second kappa shape index (κ2) is 6.72. The van der Waals surface area contributed by atoms with Crippen LogP contribution in [0.1, 0.15) is 17.0 Å². The Morgan fingerprint density at radius 2 is 1.59 bits per heavy atom. The van der Waals surface area contributed by atoms with Crippen LogP contribution in [-0.4, -0.2) is 14.8 Å². The van der Waals surface area contributed by atoms with E-state index in [9.17, 15) is 0 Å². The fourth-order valence-electron chi connectivity index (χ4n) is 3.56. The van der Waals surface area contributed by atoms with E-state index in [1.54, 1.807) is 0 Å². The standard InChI is InChI=1S/C23H19N3O/c1-3-7-17(8-4-1)16-27-20-12-13-21-19(15-20)11-14-22-24-25-23(26(21)22)18-9-5-2-6-10-18/h1-10,12-13,15H,11,14,16H2. The summed E-state index contributed by atoms with van der Waals surface area (Å²) in [4.78, 5) is 0. The van der Waals surface area contributed by atoms with Gasteiger partial charge in [-0.1, -0.05) is 60.7 Å². The molecule has 2 heterocycles. The van der Waals surface area contributed by atoms with Crippen LogP contribution in [0.15, 0.2) is 78.9 Å². The number of fused-ring (bicyclic) bond motifs is 3. The molecule has 132 valence electrons. The van der Waals surface area contributed by atoms with Gasteiger partial charge in [0.1, 0.15) is 18.2 Å². The van der Waals surface area contributed by atoms with Gasteiger partial charge in [0.2, 0.25) is 0 Å². The van der Waals surface area contributed by atoms with Crippen molar-refractivity contribution < 1.29 is 4.74 Å². The third-order valence-electron chi connectivity index (χ3n) is 4.92. The predicted octanol–water partition coefficient (Wildman–Crippen LogP) is 4.61. The van der Waals surface area contributed by atoms with E-state index in [-0.39, 0.29) is 0 Å². The predicted molar refractivity (Wildman–Crippen MR) is 105 cm³/mol. The lowest BCUT2D eigenvalue weighted by Crippen LogP contribution is -2.13.